The summed E-state index contributed by atoms with van der Waals surface area (Å²) in [5.41, 5.74) is 10.3. The molecule has 11 rings (SSSR count). The van der Waals surface area contributed by atoms with Gasteiger partial charge in [0.2, 0.25) is 0 Å². The zero-order chi connectivity index (χ0) is 35.6. The van der Waals surface area contributed by atoms with Crippen LogP contribution in [0.3, 0.4) is 0 Å². The van der Waals surface area contributed by atoms with Gasteiger partial charge < -0.3 is 8.83 Å². The van der Waals surface area contributed by atoms with Gasteiger partial charge in [-0.2, -0.15) is 0 Å². The fraction of sp³-hybridized carbons (Fsp3) is 0. The van der Waals surface area contributed by atoms with Crippen molar-refractivity contribution >= 4 is 54.6 Å². The predicted molar refractivity (Wildman–Crippen MR) is 219 cm³/mol. The van der Waals surface area contributed by atoms with Crippen molar-refractivity contribution in [2.45, 2.75) is 0 Å². The van der Waals surface area contributed by atoms with E-state index in [0.717, 1.165) is 82.5 Å². The molecule has 0 bridgehead atoms. The van der Waals surface area contributed by atoms with Crippen LogP contribution in [0.15, 0.2) is 185 Å². The van der Waals surface area contributed by atoms with Crippen molar-refractivity contribution in [2.24, 2.45) is 0 Å². The predicted octanol–water partition coefficient (Wildman–Crippen LogP) is 13.2. The van der Waals surface area contributed by atoms with Crippen LogP contribution in [0.1, 0.15) is 0 Å². The molecule has 11 aromatic rings. The molecule has 8 aromatic carbocycles. The summed E-state index contributed by atoms with van der Waals surface area (Å²) < 4.78 is 12.8. The van der Waals surface area contributed by atoms with Crippen LogP contribution < -0.4 is 0 Å². The highest BCUT2D eigenvalue weighted by Crippen LogP contribution is 2.40. The van der Waals surface area contributed by atoms with E-state index in [2.05, 4.69) is 109 Å². The lowest BCUT2D eigenvalue weighted by atomic mass is 9.98. The minimum absolute atomic E-state index is 0.558. The Morgan fingerprint density at radius 2 is 0.796 bits per heavy atom. The van der Waals surface area contributed by atoms with Gasteiger partial charge in [0.05, 0.1) is 0 Å². The topological polar surface area (TPSA) is 65.0 Å². The lowest BCUT2D eigenvalue weighted by Crippen LogP contribution is -2.01. The van der Waals surface area contributed by atoms with Crippen molar-refractivity contribution in [3.05, 3.63) is 176 Å². The maximum atomic E-state index is 6.49. The fourth-order valence-electron chi connectivity index (χ4n) is 7.64. The van der Waals surface area contributed by atoms with Crippen molar-refractivity contribution in [3.8, 4) is 56.4 Å². The summed E-state index contributed by atoms with van der Waals surface area (Å²) in [5.74, 6) is 1.70. The SMILES string of the molecule is c1ccc(-c2ccc3cc(-c4nc(-c5ccc6c(c5)oc5ccccc56)nc(-c5cc(-c6ccccc6)cc6oc7ccccc7c56)n4)ccc3c2)cc1. The number of hydrogen-bond acceptors (Lipinski definition) is 5. The van der Waals surface area contributed by atoms with Gasteiger partial charge in [-0.25, -0.2) is 15.0 Å². The summed E-state index contributed by atoms with van der Waals surface area (Å²) in [6, 6.07) is 60.5. The molecule has 0 saturated carbocycles. The van der Waals surface area contributed by atoms with Gasteiger partial charge in [-0.05, 0) is 81.6 Å². The molecule has 0 radical (unpaired) electrons. The van der Waals surface area contributed by atoms with Crippen LogP contribution >= 0.6 is 0 Å². The number of para-hydroxylation sites is 2. The van der Waals surface area contributed by atoms with Crippen LogP contribution in [0.2, 0.25) is 0 Å². The molecule has 0 fully saturated rings. The lowest BCUT2D eigenvalue weighted by Gasteiger charge is -2.12. The number of furan rings is 2. The summed E-state index contributed by atoms with van der Waals surface area (Å²) in [5, 5.41) is 6.35. The van der Waals surface area contributed by atoms with Crippen LogP contribution in [-0.2, 0) is 0 Å². The van der Waals surface area contributed by atoms with Crippen LogP contribution in [0.4, 0.5) is 0 Å². The van der Waals surface area contributed by atoms with Crippen molar-refractivity contribution in [1.29, 1.82) is 0 Å². The molecule has 0 atom stereocenters. The second-order valence-corrected chi connectivity index (χ2v) is 13.6. The Labute approximate surface area is 309 Å². The van der Waals surface area contributed by atoms with Gasteiger partial charge in [-0.3, -0.25) is 0 Å². The normalized spacial score (nSPS) is 11.7. The van der Waals surface area contributed by atoms with E-state index in [-0.39, 0.29) is 0 Å². The average Bonchev–Trinajstić information content (AvgIpc) is 3.81. The Bertz CT molecular complexity index is 3220. The molecule has 0 unspecified atom stereocenters. The molecule has 0 spiro atoms. The molecule has 3 aromatic heterocycles. The smallest absolute Gasteiger partial charge is 0.164 e. The molecule has 0 aliphatic carbocycles. The second-order valence-electron chi connectivity index (χ2n) is 13.6. The largest absolute Gasteiger partial charge is 0.456 e. The van der Waals surface area contributed by atoms with E-state index in [4.69, 9.17) is 23.8 Å². The van der Waals surface area contributed by atoms with Crippen molar-refractivity contribution in [2.75, 3.05) is 0 Å². The Kier molecular flexibility index (Phi) is 6.79. The number of fused-ring (bicyclic) bond motifs is 7. The first-order valence-corrected chi connectivity index (χ1v) is 18.0. The molecule has 5 nitrogen and oxygen atoms in total. The average molecular weight is 692 g/mol. The number of benzene rings is 8. The first-order chi connectivity index (χ1) is 26.7. The Morgan fingerprint density at radius 1 is 0.296 bits per heavy atom. The van der Waals surface area contributed by atoms with Gasteiger partial charge in [0.25, 0.3) is 0 Å². The maximum absolute atomic E-state index is 6.49. The molecule has 0 amide bonds. The summed E-state index contributed by atoms with van der Waals surface area (Å²) >= 11 is 0. The summed E-state index contributed by atoms with van der Waals surface area (Å²) in [6.07, 6.45) is 0. The molecular weight excluding hydrogens is 663 g/mol. The minimum atomic E-state index is 0.558. The third-order valence-electron chi connectivity index (χ3n) is 10.3. The van der Waals surface area contributed by atoms with E-state index in [9.17, 15) is 0 Å². The van der Waals surface area contributed by atoms with Gasteiger partial charge in [0, 0.05) is 38.2 Å². The van der Waals surface area contributed by atoms with E-state index >= 15 is 0 Å². The van der Waals surface area contributed by atoms with Gasteiger partial charge in [0.1, 0.15) is 22.3 Å². The van der Waals surface area contributed by atoms with Gasteiger partial charge in [-0.15, -0.1) is 0 Å². The van der Waals surface area contributed by atoms with Crippen LogP contribution in [0.25, 0.3) is 111 Å². The number of aromatic nitrogens is 3. The molecule has 3 heterocycles. The lowest BCUT2D eigenvalue weighted by molar-refractivity contribution is 0.668. The van der Waals surface area contributed by atoms with E-state index in [0.29, 0.717) is 17.5 Å². The van der Waals surface area contributed by atoms with Gasteiger partial charge in [0.15, 0.2) is 17.5 Å². The van der Waals surface area contributed by atoms with E-state index in [1.165, 1.54) is 11.1 Å². The Hall–Kier alpha value is -7.37. The zero-order valence-corrected chi connectivity index (χ0v) is 28.9. The summed E-state index contributed by atoms with van der Waals surface area (Å²) in [6.45, 7) is 0. The van der Waals surface area contributed by atoms with Gasteiger partial charge in [-0.1, -0.05) is 127 Å². The van der Waals surface area contributed by atoms with Crippen molar-refractivity contribution in [3.63, 3.8) is 0 Å². The highest BCUT2D eigenvalue weighted by molar-refractivity contribution is 6.13. The van der Waals surface area contributed by atoms with E-state index in [1.807, 2.05) is 66.7 Å². The molecule has 0 aliphatic rings. The standard InChI is InChI=1S/C49H29N3O2/c1-3-11-30(12-4-1)32-19-20-34-26-35(22-21-33(34)25-32)47-50-48(36-23-24-39-38-15-7-9-17-42(38)53-44(39)28-36)52-49(51-47)41-27-37(31-13-5-2-6-14-31)29-45-46(41)40-16-8-10-18-43(40)54-45/h1-29H. The third kappa shape index (κ3) is 5.06. The number of hydrogen-bond donors (Lipinski definition) is 0. The van der Waals surface area contributed by atoms with Crippen molar-refractivity contribution < 1.29 is 8.83 Å². The molecule has 0 aliphatic heterocycles. The van der Waals surface area contributed by atoms with Crippen molar-refractivity contribution in [1.82, 2.24) is 15.0 Å². The zero-order valence-electron chi connectivity index (χ0n) is 28.9. The molecule has 5 heteroatoms. The quantitative estimate of drug-likeness (QED) is 0.180. The molecule has 54 heavy (non-hydrogen) atoms. The van der Waals surface area contributed by atoms with Gasteiger partial charge >= 0.3 is 0 Å². The van der Waals surface area contributed by atoms with Crippen LogP contribution in [0.5, 0.6) is 0 Å². The maximum Gasteiger partial charge on any atom is 0.164 e. The molecule has 252 valence electrons. The highest BCUT2D eigenvalue weighted by atomic mass is 16.3. The molecule has 0 N–H and O–H groups in total. The van der Waals surface area contributed by atoms with Crippen LogP contribution in [0, 0.1) is 0 Å². The Morgan fingerprint density at radius 3 is 1.54 bits per heavy atom. The fourth-order valence-corrected chi connectivity index (χ4v) is 7.64. The number of nitrogens with zero attached hydrogens (tertiary/aromatic N) is 3. The van der Waals surface area contributed by atoms with E-state index < -0.39 is 0 Å². The van der Waals surface area contributed by atoms with E-state index in [1.54, 1.807) is 0 Å². The first kappa shape index (κ1) is 30.3. The first-order valence-electron chi connectivity index (χ1n) is 18.0. The summed E-state index contributed by atoms with van der Waals surface area (Å²) in [7, 11) is 0. The molecular formula is C49H29N3O2. The minimum Gasteiger partial charge on any atom is -0.456 e. The molecule has 0 saturated heterocycles. The number of rotatable bonds is 5. The highest BCUT2D eigenvalue weighted by Gasteiger charge is 2.20. The van der Waals surface area contributed by atoms with Crippen LogP contribution in [-0.4, -0.2) is 15.0 Å². The monoisotopic (exact) mass is 691 g/mol. The summed E-state index contributed by atoms with van der Waals surface area (Å²) in [4.78, 5) is 15.6. The third-order valence-corrected chi connectivity index (χ3v) is 10.3. The second kappa shape index (κ2) is 12.1. The Balaban J connectivity index is 1.15.